The van der Waals surface area contributed by atoms with Crippen LogP contribution in [0.2, 0.25) is 0 Å². The zero-order valence-corrected chi connectivity index (χ0v) is 8.66. The molecule has 1 heterocycles. The van der Waals surface area contributed by atoms with Crippen molar-refractivity contribution in [3.05, 3.63) is 0 Å². The predicted molar refractivity (Wildman–Crippen MR) is 51.7 cm³/mol. The maximum absolute atomic E-state index is 5.81. The number of ether oxygens (including phenoxy) is 1. The third-order valence-corrected chi connectivity index (χ3v) is 2.88. The number of nitrogens with one attached hydrogen (secondary N) is 1. The molecule has 0 bridgehead atoms. The summed E-state index contributed by atoms with van der Waals surface area (Å²) in [7, 11) is 0. The van der Waals surface area contributed by atoms with Gasteiger partial charge in [-0.2, -0.15) is 0 Å². The molecule has 0 spiro atoms. The van der Waals surface area contributed by atoms with Crippen LogP contribution in [0.25, 0.3) is 0 Å². The third-order valence-electron chi connectivity index (χ3n) is 2.16. The summed E-state index contributed by atoms with van der Waals surface area (Å²) >= 11 is 5.81. The lowest BCUT2D eigenvalue weighted by Gasteiger charge is -2.23. The van der Waals surface area contributed by atoms with Gasteiger partial charge in [-0.25, -0.2) is 0 Å². The van der Waals surface area contributed by atoms with Gasteiger partial charge in [0.15, 0.2) is 0 Å². The van der Waals surface area contributed by atoms with Crippen molar-refractivity contribution in [2.75, 3.05) is 25.6 Å². The van der Waals surface area contributed by atoms with Crippen LogP contribution in [0.4, 0.5) is 0 Å². The molecule has 1 N–H and O–H groups in total. The molecule has 12 heavy (non-hydrogen) atoms. The molecule has 0 aliphatic carbocycles. The first-order valence-corrected chi connectivity index (χ1v) is 5.04. The molecule has 1 fully saturated rings. The van der Waals surface area contributed by atoms with Crippen molar-refractivity contribution < 1.29 is 4.74 Å². The fourth-order valence-electron chi connectivity index (χ4n) is 1.16. The molecule has 0 aromatic heterocycles. The summed E-state index contributed by atoms with van der Waals surface area (Å²) in [6.45, 7) is 7.08. The van der Waals surface area contributed by atoms with Crippen molar-refractivity contribution in [3.63, 3.8) is 0 Å². The van der Waals surface area contributed by atoms with E-state index in [2.05, 4.69) is 19.2 Å². The Morgan fingerprint density at radius 2 is 2.33 bits per heavy atom. The minimum Gasteiger partial charge on any atom is -0.380 e. The normalized spacial score (nSPS) is 24.8. The zero-order valence-electron chi connectivity index (χ0n) is 7.90. The average Bonchev–Trinajstić information content (AvgIpc) is 2.53. The maximum atomic E-state index is 5.81. The average molecular weight is 192 g/mol. The highest BCUT2D eigenvalue weighted by atomic mass is 35.5. The molecule has 3 heteroatoms. The second-order valence-electron chi connectivity index (χ2n) is 4.24. The summed E-state index contributed by atoms with van der Waals surface area (Å²) in [5, 5.41) is 3.46. The summed E-state index contributed by atoms with van der Waals surface area (Å²) in [5.41, 5.74) is 0.199. The number of rotatable bonds is 4. The molecule has 0 amide bonds. The number of halogens is 1. The van der Waals surface area contributed by atoms with Crippen molar-refractivity contribution in [1.82, 2.24) is 5.32 Å². The van der Waals surface area contributed by atoms with Crippen molar-refractivity contribution in [3.8, 4) is 0 Å². The van der Waals surface area contributed by atoms with E-state index in [1.165, 1.54) is 0 Å². The van der Waals surface area contributed by atoms with Gasteiger partial charge in [-0.3, -0.25) is 0 Å². The first kappa shape index (κ1) is 10.3. The van der Waals surface area contributed by atoms with Crippen LogP contribution in [0.15, 0.2) is 0 Å². The van der Waals surface area contributed by atoms with E-state index in [9.17, 15) is 0 Å². The Morgan fingerprint density at radius 1 is 1.58 bits per heavy atom. The lowest BCUT2D eigenvalue weighted by Crippen LogP contribution is -2.38. The molecule has 72 valence electrons. The Labute approximate surface area is 79.6 Å². The van der Waals surface area contributed by atoms with Crippen molar-refractivity contribution in [2.24, 2.45) is 5.41 Å². The van der Waals surface area contributed by atoms with Gasteiger partial charge < -0.3 is 10.1 Å². The van der Waals surface area contributed by atoms with Gasteiger partial charge in [0.1, 0.15) is 0 Å². The quantitative estimate of drug-likeness (QED) is 0.683. The van der Waals surface area contributed by atoms with Crippen molar-refractivity contribution in [1.29, 1.82) is 0 Å². The first-order chi connectivity index (χ1) is 5.64. The van der Waals surface area contributed by atoms with Crippen LogP contribution in [0, 0.1) is 5.41 Å². The second kappa shape index (κ2) is 4.45. The lowest BCUT2D eigenvalue weighted by atomic mass is 9.96. The van der Waals surface area contributed by atoms with Crippen LogP contribution in [0.5, 0.6) is 0 Å². The van der Waals surface area contributed by atoms with E-state index in [1.807, 2.05) is 0 Å². The smallest absolute Gasteiger partial charge is 0.0620 e. The summed E-state index contributed by atoms with van der Waals surface area (Å²) in [6, 6.07) is 0.549. The van der Waals surface area contributed by atoms with E-state index < -0.39 is 0 Å². The SMILES string of the molecule is CC(C)(CCl)CNC1CCOC1. The molecular formula is C9H18ClNO. The van der Waals surface area contributed by atoms with Gasteiger partial charge in [0.25, 0.3) is 0 Å². The molecular weight excluding hydrogens is 174 g/mol. The summed E-state index contributed by atoms with van der Waals surface area (Å²) in [6.07, 6.45) is 1.14. The second-order valence-corrected chi connectivity index (χ2v) is 4.51. The van der Waals surface area contributed by atoms with Crippen LogP contribution in [-0.4, -0.2) is 31.7 Å². The van der Waals surface area contributed by atoms with Crippen LogP contribution in [0.3, 0.4) is 0 Å². The third kappa shape index (κ3) is 3.30. The monoisotopic (exact) mass is 191 g/mol. The highest BCUT2D eigenvalue weighted by molar-refractivity contribution is 6.18. The molecule has 2 nitrogen and oxygen atoms in total. The molecule has 1 saturated heterocycles. The Morgan fingerprint density at radius 3 is 2.83 bits per heavy atom. The number of hydrogen-bond acceptors (Lipinski definition) is 2. The van der Waals surface area contributed by atoms with Crippen LogP contribution < -0.4 is 5.32 Å². The zero-order chi connectivity index (χ0) is 9.03. The van der Waals surface area contributed by atoms with Crippen LogP contribution >= 0.6 is 11.6 Å². The van der Waals surface area contributed by atoms with Crippen molar-refractivity contribution >= 4 is 11.6 Å². The van der Waals surface area contributed by atoms with Gasteiger partial charge >= 0.3 is 0 Å². The topological polar surface area (TPSA) is 21.3 Å². The minimum atomic E-state index is 0.199. The van der Waals surface area contributed by atoms with E-state index in [0.29, 0.717) is 11.9 Å². The first-order valence-electron chi connectivity index (χ1n) is 4.51. The fourth-order valence-corrected chi connectivity index (χ4v) is 1.26. The Hall–Kier alpha value is 0.210. The van der Waals surface area contributed by atoms with Crippen LogP contribution in [-0.2, 0) is 4.74 Å². The van der Waals surface area contributed by atoms with Crippen LogP contribution in [0.1, 0.15) is 20.3 Å². The van der Waals surface area contributed by atoms with E-state index in [0.717, 1.165) is 26.2 Å². The predicted octanol–water partition coefficient (Wildman–Crippen LogP) is 1.63. The van der Waals surface area contributed by atoms with E-state index in [4.69, 9.17) is 16.3 Å². The fraction of sp³-hybridized carbons (Fsp3) is 1.00. The van der Waals surface area contributed by atoms with Gasteiger partial charge in [-0.15, -0.1) is 11.6 Å². The Bertz CT molecular complexity index is 132. The molecule has 0 aromatic rings. The highest BCUT2D eigenvalue weighted by Gasteiger charge is 2.20. The Kier molecular flexibility index (Phi) is 3.81. The summed E-state index contributed by atoms with van der Waals surface area (Å²) < 4.78 is 5.26. The standard InChI is InChI=1S/C9H18ClNO/c1-9(2,6-10)7-11-8-3-4-12-5-8/h8,11H,3-7H2,1-2H3. The van der Waals surface area contributed by atoms with E-state index in [1.54, 1.807) is 0 Å². The van der Waals surface area contributed by atoms with E-state index >= 15 is 0 Å². The Balaban J connectivity index is 2.15. The summed E-state index contributed by atoms with van der Waals surface area (Å²) in [5.74, 6) is 0.702. The van der Waals surface area contributed by atoms with Gasteiger partial charge in [0, 0.05) is 25.1 Å². The molecule has 1 rings (SSSR count). The summed E-state index contributed by atoms with van der Waals surface area (Å²) in [4.78, 5) is 0. The molecule has 0 radical (unpaired) electrons. The van der Waals surface area contributed by atoms with Gasteiger partial charge in [0.2, 0.25) is 0 Å². The highest BCUT2D eigenvalue weighted by Crippen LogP contribution is 2.16. The van der Waals surface area contributed by atoms with Crippen molar-refractivity contribution in [2.45, 2.75) is 26.3 Å². The van der Waals surface area contributed by atoms with Gasteiger partial charge in [-0.1, -0.05) is 13.8 Å². The van der Waals surface area contributed by atoms with E-state index in [-0.39, 0.29) is 5.41 Å². The lowest BCUT2D eigenvalue weighted by molar-refractivity contribution is 0.188. The maximum Gasteiger partial charge on any atom is 0.0620 e. The number of hydrogen-bond donors (Lipinski definition) is 1. The molecule has 0 saturated carbocycles. The molecule has 1 unspecified atom stereocenters. The van der Waals surface area contributed by atoms with Gasteiger partial charge in [0.05, 0.1) is 6.61 Å². The molecule has 1 aliphatic rings. The largest absolute Gasteiger partial charge is 0.380 e. The molecule has 1 aliphatic heterocycles. The van der Waals surface area contributed by atoms with Gasteiger partial charge in [-0.05, 0) is 11.8 Å². The number of alkyl halides is 1. The molecule has 0 aromatic carbocycles. The molecule has 1 atom stereocenters. The minimum absolute atomic E-state index is 0.199.